The number of hydrogen-bond donors (Lipinski definition) is 1. The summed E-state index contributed by atoms with van der Waals surface area (Å²) in [6, 6.07) is 5.39. The van der Waals surface area contributed by atoms with E-state index in [0.29, 0.717) is 24.1 Å². The highest BCUT2D eigenvalue weighted by atomic mass is 32.2. The molecule has 0 bridgehead atoms. The maximum Gasteiger partial charge on any atom is 0.325 e. The highest BCUT2D eigenvalue weighted by Gasteiger charge is 2.49. The van der Waals surface area contributed by atoms with E-state index in [1.54, 1.807) is 0 Å². The molecule has 0 atom stereocenters. The van der Waals surface area contributed by atoms with Crippen molar-refractivity contribution in [3.63, 3.8) is 0 Å². The van der Waals surface area contributed by atoms with Crippen LogP contribution in [0.4, 0.5) is 10.5 Å². The van der Waals surface area contributed by atoms with Gasteiger partial charge in [0.25, 0.3) is 5.91 Å². The van der Waals surface area contributed by atoms with Crippen LogP contribution in [0.25, 0.3) is 0 Å². The van der Waals surface area contributed by atoms with E-state index in [4.69, 9.17) is 0 Å². The predicted molar refractivity (Wildman–Crippen MR) is 97.6 cm³/mol. The van der Waals surface area contributed by atoms with E-state index in [0.717, 1.165) is 15.5 Å². The molecule has 1 aromatic carbocycles. The smallest absolute Gasteiger partial charge is 0.323 e. The van der Waals surface area contributed by atoms with Crippen molar-refractivity contribution in [3.05, 3.63) is 29.8 Å². The number of Topliss-reactive ketones (excluding diaryl/α,β-unsaturated/α-hetero) is 1. The number of carbonyl (C=O) groups is 3. The Kier molecular flexibility index (Phi) is 5.41. The van der Waals surface area contributed by atoms with Gasteiger partial charge in [-0.3, -0.25) is 18.8 Å². The Bertz CT molecular complexity index is 828. The van der Waals surface area contributed by atoms with E-state index >= 15 is 0 Å². The van der Waals surface area contributed by atoms with Crippen LogP contribution in [0.3, 0.4) is 0 Å². The van der Waals surface area contributed by atoms with E-state index in [2.05, 4.69) is 5.32 Å². The zero-order valence-corrected chi connectivity index (χ0v) is 16.1. The quantitative estimate of drug-likeness (QED) is 0.567. The number of imide groups is 1. The van der Waals surface area contributed by atoms with Crippen molar-refractivity contribution in [2.75, 3.05) is 24.2 Å². The lowest BCUT2D eigenvalue weighted by molar-refractivity contribution is -0.131. The van der Waals surface area contributed by atoms with Gasteiger partial charge >= 0.3 is 6.03 Å². The molecule has 1 fully saturated rings. The van der Waals surface area contributed by atoms with E-state index in [1.807, 2.05) is 13.8 Å². The maximum absolute atomic E-state index is 12.5. The lowest BCUT2D eigenvalue weighted by Crippen LogP contribution is -2.46. The molecule has 1 saturated heterocycles. The minimum Gasteiger partial charge on any atom is -0.323 e. The van der Waals surface area contributed by atoms with Crippen LogP contribution in [-0.4, -0.2) is 56.4 Å². The summed E-state index contributed by atoms with van der Waals surface area (Å²) in [4.78, 5) is 38.0. The molecule has 9 heteroatoms. The van der Waals surface area contributed by atoms with Gasteiger partial charge in [0.15, 0.2) is 5.78 Å². The number of anilines is 1. The highest BCUT2D eigenvalue weighted by Crippen LogP contribution is 2.25. The van der Waals surface area contributed by atoms with Gasteiger partial charge in [0, 0.05) is 12.6 Å². The van der Waals surface area contributed by atoms with Crippen molar-refractivity contribution in [1.29, 1.82) is 0 Å². The van der Waals surface area contributed by atoms with Gasteiger partial charge in [-0.1, -0.05) is 13.8 Å². The second-order valence-corrected chi connectivity index (χ2v) is 8.32. The first-order valence-corrected chi connectivity index (χ1v) is 10.1. The van der Waals surface area contributed by atoms with Crippen molar-refractivity contribution in [1.82, 2.24) is 10.2 Å². The monoisotopic (exact) mass is 381 g/mol. The van der Waals surface area contributed by atoms with Crippen LogP contribution in [0.15, 0.2) is 24.3 Å². The Balaban J connectivity index is 2.16. The summed E-state index contributed by atoms with van der Waals surface area (Å²) >= 11 is 0. The molecule has 0 aromatic heterocycles. The fraction of sp³-hybridized carbons (Fsp3) is 0.471. The van der Waals surface area contributed by atoms with Crippen LogP contribution in [0.2, 0.25) is 0 Å². The minimum atomic E-state index is -3.40. The van der Waals surface area contributed by atoms with E-state index < -0.39 is 33.3 Å². The molecule has 3 amide bonds. The van der Waals surface area contributed by atoms with Crippen LogP contribution < -0.4 is 9.62 Å². The first-order chi connectivity index (χ1) is 12.1. The number of urea groups is 1. The Hall–Kier alpha value is -2.42. The Morgan fingerprint density at radius 2 is 1.69 bits per heavy atom. The van der Waals surface area contributed by atoms with Crippen LogP contribution in [0, 0.1) is 0 Å². The van der Waals surface area contributed by atoms with Gasteiger partial charge < -0.3 is 5.32 Å². The van der Waals surface area contributed by atoms with Gasteiger partial charge in [0.2, 0.25) is 10.0 Å². The van der Waals surface area contributed by atoms with Gasteiger partial charge in [0.1, 0.15) is 5.54 Å². The second kappa shape index (κ2) is 7.06. The largest absolute Gasteiger partial charge is 0.325 e. The molecule has 0 unspecified atom stereocenters. The molecule has 8 nitrogen and oxygen atoms in total. The average Bonchev–Trinajstić information content (AvgIpc) is 2.85. The number of hydrogen-bond acceptors (Lipinski definition) is 5. The van der Waals surface area contributed by atoms with E-state index in [1.165, 1.54) is 31.3 Å². The topological polar surface area (TPSA) is 104 Å². The summed E-state index contributed by atoms with van der Waals surface area (Å²) in [5.74, 6) is -0.792. The van der Waals surface area contributed by atoms with E-state index in [9.17, 15) is 22.8 Å². The van der Waals surface area contributed by atoms with Gasteiger partial charge in [-0.05, 0) is 37.1 Å². The average molecular weight is 381 g/mol. The number of benzene rings is 1. The number of nitrogens with one attached hydrogen (secondary N) is 1. The third kappa shape index (κ3) is 3.57. The first kappa shape index (κ1) is 19.9. The normalized spacial score (nSPS) is 16.5. The number of sulfonamides is 1. The SMILES string of the molecule is CCC1(CC)NC(=O)N(CC(=O)c2ccc(N(C)S(C)(=O)=O)cc2)C1=O. The van der Waals surface area contributed by atoms with Gasteiger partial charge in [-0.2, -0.15) is 0 Å². The number of rotatable bonds is 7. The standard InChI is InChI=1S/C17H23N3O5S/c1-5-17(6-2)15(22)20(16(23)18-17)11-14(21)12-7-9-13(10-8-12)19(3)26(4,24)25/h7-10H,5-6,11H2,1-4H3,(H,18,23). The number of ketones is 1. The van der Waals surface area contributed by atoms with Crippen molar-refractivity contribution >= 4 is 33.4 Å². The van der Waals surface area contributed by atoms with Crippen LogP contribution in [0.1, 0.15) is 37.0 Å². The lowest BCUT2D eigenvalue weighted by Gasteiger charge is -2.23. The lowest BCUT2D eigenvalue weighted by atomic mass is 9.93. The number of carbonyl (C=O) groups excluding carboxylic acids is 3. The molecule has 0 radical (unpaired) electrons. The molecular weight excluding hydrogens is 358 g/mol. The third-order valence-corrected chi connectivity index (χ3v) is 6.01. The summed E-state index contributed by atoms with van der Waals surface area (Å²) in [6.45, 7) is 3.27. The second-order valence-electron chi connectivity index (χ2n) is 6.31. The number of nitrogens with zero attached hydrogens (tertiary/aromatic N) is 2. The molecule has 0 aliphatic carbocycles. The Labute approximate surface area is 153 Å². The van der Waals surface area contributed by atoms with Crippen LogP contribution >= 0.6 is 0 Å². The molecule has 26 heavy (non-hydrogen) atoms. The molecule has 1 aliphatic rings. The zero-order valence-electron chi connectivity index (χ0n) is 15.3. The molecule has 1 N–H and O–H groups in total. The third-order valence-electron chi connectivity index (χ3n) is 4.81. The van der Waals surface area contributed by atoms with Crippen LogP contribution in [0.5, 0.6) is 0 Å². The van der Waals surface area contributed by atoms with Gasteiger partial charge in [0.05, 0.1) is 18.5 Å². The van der Waals surface area contributed by atoms with Gasteiger partial charge in [-0.15, -0.1) is 0 Å². The molecule has 2 rings (SSSR count). The summed E-state index contributed by atoms with van der Waals surface area (Å²) in [7, 11) is -1.99. The summed E-state index contributed by atoms with van der Waals surface area (Å²) in [5.41, 5.74) is -0.240. The number of amides is 3. The van der Waals surface area contributed by atoms with Crippen molar-refractivity contribution in [2.24, 2.45) is 0 Å². The Morgan fingerprint density at radius 1 is 1.15 bits per heavy atom. The minimum absolute atomic E-state index is 0.293. The molecule has 0 spiro atoms. The van der Waals surface area contributed by atoms with Crippen molar-refractivity contribution < 1.29 is 22.8 Å². The summed E-state index contributed by atoms with van der Waals surface area (Å²) in [6.07, 6.45) is 1.98. The van der Waals surface area contributed by atoms with Crippen LogP contribution in [-0.2, 0) is 14.8 Å². The zero-order chi connectivity index (χ0) is 19.7. The molecule has 1 aromatic rings. The Morgan fingerprint density at radius 3 is 2.12 bits per heavy atom. The molecule has 1 aliphatic heterocycles. The molecular formula is C17H23N3O5S. The molecule has 142 valence electrons. The summed E-state index contributed by atoms with van der Waals surface area (Å²) in [5, 5.41) is 2.68. The molecule has 1 heterocycles. The maximum atomic E-state index is 12.5. The summed E-state index contributed by atoms with van der Waals surface area (Å²) < 4.78 is 24.2. The molecule has 0 saturated carbocycles. The van der Waals surface area contributed by atoms with Gasteiger partial charge in [-0.25, -0.2) is 13.2 Å². The van der Waals surface area contributed by atoms with Crippen molar-refractivity contribution in [3.8, 4) is 0 Å². The predicted octanol–water partition coefficient (Wildman–Crippen LogP) is 1.38. The van der Waals surface area contributed by atoms with Crippen molar-refractivity contribution in [2.45, 2.75) is 32.2 Å². The highest BCUT2D eigenvalue weighted by molar-refractivity contribution is 7.92. The fourth-order valence-electron chi connectivity index (χ4n) is 2.83. The first-order valence-electron chi connectivity index (χ1n) is 8.27. The fourth-order valence-corrected chi connectivity index (χ4v) is 3.34. The van der Waals surface area contributed by atoms with E-state index in [-0.39, 0.29) is 6.54 Å².